The van der Waals surface area contributed by atoms with Gasteiger partial charge in [0.15, 0.2) is 0 Å². The van der Waals surface area contributed by atoms with E-state index in [0.717, 1.165) is 5.56 Å². The van der Waals surface area contributed by atoms with E-state index in [4.69, 9.17) is 33.2 Å². The molecule has 0 amide bonds. The van der Waals surface area contributed by atoms with E-state index in [0.29, 0.717) is 65.9 Å². The summed E-state index contributed by atoms with van der Waals surface area (Å²) in [5, 5.41) is 0. The van der Waals surface area contributed by atoms with Crippen LogP contribution in [0.1, 0.15) is 55.5 Å². The van der Waals surface area contributed by atoms with Gasteiger partial charge < -0.3 is 33.2 Å². The molecule has 0 aromatic heterocycles. The van der Waals surface area contributed by atoms with Gasteiger partial charge in [0.2, 0.25) is 0 Å². The third-order valence-corrected chi connectivity index (χ3v) is 8.07. The van der Waals surface area contributed by atoms with Gasteiger partial charge in [-0.3, -0.25) is 9.59 Å². The standard InChI is InChI=1S/C42H44O11/c1-5-31(41(45)52-38-23-21-36(22-24-38)51-39(43)25-10-30-8-13-33(47-3)14-9-30)28-29(2)40(44)50-27-7-6-26-49-35-15-11-32(12-16-35)42(46)53-37-19-17-34(48-4)18-20-37/h8-25,29,31H,5-7,26-28H2,1-4H3. The molecule has 0 N–H and O–H groups in total. The molecule has 0 spiro atoms. The van der Waals surface area contributed by atoms with Crippen LogP contribution in [0.5, 0.6) is 34.5 Å². The first-order valence-corrected chi connectivity index (χ1v) is 17.3. The molecule has 278 valence electrons. The van der Waals surface area contributed by atoms with Crippen molar-refractivity contribution in [2.75, 3.05) is 27.4 Å². The fourth-order valence-electron chi connectivity index (χ4n) is 4.96. The maximum absolute atomic E-state index is 12.9. The summed E-state index contributed by atoms with van der Waals surface area (Å²) in [6.45, 7) is 4.20. The molecule has 53 heavy (non-hydrogen) atoms. The summed E-state index contributed by atoms with van der Waals surface area (Å²) in [6.07, 6.45) is 4.94. The molecule has 0 aliphatic rings. The molecule has 2 atom stereocenters. The van der Waals surface area contributed by atoms with Crippen LogP contribution in [0.4, 0.5) is 0 Å². The van der Waals surface area contributed by atoms with Crippen molar-refractivity contribution in [1.29, 1.82) is 0 Å². The summed E-state index contributed by atoms with van der Waals surface area (Å²) in [5.41, 5.74) is 1.20. The molecule has 11 nitrogen and oxygen atoms in total. The van der Waals surface area contributed by atoms with E-state index in [1.54, 1.807) is 87.9 Å². The van der Waals surface area contributed by atoms with Crippen LogP contribution in [0, 0.1) is 11.8 Å². The number of hydrogen-bond acceptors (Lipinski definition) is 11. The predicted molar refractivity (Wildman–Crippen MR) is 197 cm³/mol. The van der Waals surface area contributed by atoms with Gasteiger partial charge in [-0.1, -0.05) is 26.0 Å². The Morgan fingerprint density at radius 3 is 1.70 bits per heavy atom. The summed E-state index contributed by atoms with van der Waals surface area (Å²) in [4.78, 5) is 50.2. The molecule has 0 heterocycles. The number of ether oxygens (including phenoxy) is 7. The van der Waals surface area contributed by atoms with Crippen molar-refractivity contribution in [2.45, 2.75) is 39.5 Å². The van der Waals surface area contributed by atoms with Gasteiger partial charge in [-0.05, 0) is 122 Å². The topological polar surface area (TPSA) is 133 Å². The monoisotopic (exact) mass is 724 g/mol. The van der Waals surface area contributed by atoms with E-state index >= 15 is 0 Å². The lowest BCUT2D eigenvalue weighted by molar-refractivity contribution is -0.149. The zero-order chi connectivity index (χ0) is 38.0. The lowest BCUT2D eigenvalue weighted by atomic mass is 9.94. The average Bonchev–Trinajstić information content (AvgIpc) is 3.18. The zero-order valence-electron chi connectivity index (χ0n) is 30.3. The van der Waals surface area contributed by atoms with Crippen molar-refractivity contribution in [2.24, 2.45) is 11.8 Å². The largest absolute Gasteiger partial charge is 0.497 e. The Bertz CT molecular complexity index is 1800. The Morgan fingerprint density at radius 2 is 1.11 bits per heavy atom. The second-order valence-corrected chi connectivity index (χ2v) is 12.0. The molecule has 11 heteroatoms. The Morgan fingerprint density at radius 1 is 0.604 bits per heavy atom. The van der Waals surface area contributed by atoms with Crippen LogP contribution >= 0.6 is 0 Å². The van der Waals surface area contributed by atoms with E-state index in [1.807, 2.05) is 19.1 Å². The minimum absolute atomic E-state index is 0.220. The Hall–Kier alpha value is -6.10. The lowest BCUT2D eigenvalue weighted by Crippen LogP contribution is -2.26. The molecular weight excluding hydrogens is 680 g/mol. The molecule has 0 radical (unpaired) electrons. The fraction of sp³-hybridized carbons (Fsp3) is 0.286. The molecular formula is C42H44O11. The van der Waals surface area contributed by atoms with Crippen LogP contribution in [0.15, 0.2) is 103 Å². The highest BCUT2D eigenvalue weighted by Gasteiger charge is 2.26. The Kier molecular flexibility index (Phi) is 15.5. The van der Waals surface area contributed by atoms with Crippen molar-refractivity contribution in [3.05, 3.63) is 114 Å². The molecule has 2 unspecified atom stereocenters. The highest BCUT2D eigenvalue weighted by atomic mass is 16.5. The van der Waals surface area contributed by atoms with Crippen molar-refractivity contribution < 1.29 is 52.3 Å². The summed E-state index contributed by atoms with van der Waals surface area (Å²) in [7, 11) is 3.14. The Balaban J connectivity index is 1.10. The number of benzene rings is 4. The number of methoxy groups -OCH3 is 2. The minimum atomic E-state index is -0.555. The van der Waals surface area contributed by atoms with Crippen molar-refractivity contribution in [3.8, 4) is 34.5 Å². The molecule has 0 saturated carbocycles. The highest BCUT2D eigenvalue weighted by molar-refractivity contribution is 5.91. The van der Waals surface area contributed by atoms with Gasteiger partial charge in [0.1, 0.15) is 34.5 Å². The van der Waals surface area contributed by atoms with E-state index in [1.165, 1.54) is 30.3 Å². The van der Waals surface area contributed by atoms with Gasteiger partial charge in [0.25, 0.3) is 0 Å². The summed E-state index contributed by atoms with van der Waals surface area (Å²) in [5.74, 6) is 0.0780. The lowest BCUT2D eigenvalue weighted by Gasteiger charge is -2.18. The number of carbonyl (C=O) groups is 4. The first-order valence-electron chi connectivity index (χ1n) is 17.3. The zero-order valence-corrected chi connectivity index (χ0v) is 30.3. The van der Waals surface area contributed by atoms with Crippen LogP contribution in [-0.4, -0.2) is 51.3 Å². The third kappa shape index (κ3) is 13.2. The van der Waals surface area contributed by atoms with Gasteiger partial charge in [0.05, 0.1) is 44.8 Å². The first kappa shape index (κ1) is 39.7. The average molecular weight is 725 g/mol. The van der Waals surface area contributed by atoms with Crippen LogP contribution < -0.4 is 28.4 Å². The van der Waals surface area contributed by atoms with Crippen molar-refractivity contribution in [3.63, 3.8) is 0 Å². The second-order valence-electron chi connectivity index (χ2n) is 12.0. The molecule has 0 fully saturated rings. The molecule has 0 aliphatic heterocycles. The van der Waals surface area contributed by atoms with E-state index in [-0.39, 0.29) is 19.0 Å². The van der Waals surface area contributed by atoms with Gasteiger partial charge in [-0.2, -0.15) is 0 Å². The van der Waals surface area contributed by atoms with Crippen molar-refractivity contribution >= 4 is 30.0 Å². The summed E-state index contributed by atoms with van der Waals surface area (Å²) >= 11 is 0. The van der Waals surface area contributed by atoms with Gasteiger partial charge >= 0.3 is 23.9 Å². The van der Waals surface area contributed by atoms with Crippen LogP contribution in [-0.2, 0) is 19.1 Å². The van der Waals surface area contributed by atoms with E-state index in [9.17, 15) is 19.2 Å². The molecule has 4 rings (SSSR count). The van der Waals surface area contributed by atoms with Crippen LogP contribution in [0.25, 0.3) is 6.08 Å². The quantitative estimate of drug-likeness (QED) is 0.0405. The molecule has 4 aromatic rings. The fourth-order valence-corrected chi connectivity index (χ4v) is 4.96. The van der Waals surface area contributed by atoms with Gasteiger partial charge in [-0.15, -0.1) is 0 Å². The van der Waals surface area contributed by atoms with Gasteiger partial charge in [0, 0.05) is 6.08 Å². The summed E-state index contributed by atoms with van der Waals surface area (Å²) < 4.78 is 37.7. The Labute approximate surface area is 309 Å². The molecule has 0 bridgehead atoms. The highest BCUT2D eigenvalue weighted by Crippen LogP contribution is 2.24. The molecule has 0 saturated heterocycles. The number of hydrogen-bond donors (Lipinski definition) is 0. The van der Waals surface area contributed by atoms with Crippen LogP contribution in [0.3, 0.4) is 0 Å². The minimum Gasteiger partial charge on any atom is -0.497 e. The third-order valence-electron chi connectivity index (χ3n) is 8.07. The number of esters is 4. The number of unbranched alkanes of at least 4 members (excludes halogenated alkanes) is 1. The maximum Gasteiger partial charge on any atom is 0.343 e. The van der Waals surface area contributed by atoms with E-state index in [2.05, 4.69) is 0 Å². The van der Waals surface area contributed by atoms with Gasteiger partial charge in [-0.25, -0.2) is 9.59 Å². The molecule has 0 aliphatic carbocycles. The number of rotatable bonds is 19. The smallest absolute Gasteiger partial charge is 0.343 e. The SMILES string of the molecule is CCC(CC(C)C(=O)OCCCCOc1ccc(C(=O)Oc2ccc(OC)cc2)cc1)C(=O)Oc1ccc(OC(=O)C=Cc2ccc(OC)cc2)cc1. The predicted octanol–water partition coefficient (Wildman–Crippen LogP) is 7.90. The van der Waals surface area contributed by atoms with Crippen LogP contribution in [0.2, 0.25) is 0 Å². The second kappa shape index (κ2) is 20.7. The maximum atomic E-state index is 12.9. The normalized spacial score (nSPS) is 11.9. The van der Waals surface area contributed by atoms with E-state index < -0.39 is 29.7 Å². The summed E-state index contributed by atoms with van der Waals surface area (Å²) in [6, 6.07) is 26.7. The number of carbonyl (C=O) groups excluding carboxylic acids is 4. The van der Waals surface area contributed by atoms with Crippen molar-refractivity contribution in [1.82, 2.24) is 0 Å². The molecule has 4 aromatic carbocycles. The first-order chi connectivity index (χ1) is 25.7.